The van der Waals surface area contributed by atoms with Crippen LogP contribution in [-0.4, -0.2) is 0 Å². The lowest BCUT2D eigenvalue weighted by Gasteiger charge is -2.28. The lowest BCUT2D eigenvalue weighted by molar-refractivity contribution is 0.235. The molecule has 0 nitrogen and oxygen atoms in total. The van der Waals surface area contributed by atoms with E-state index in [1.165, 1.54) is 122 Å². The molecule has 0 aromatic carbocycles. The molecular weight excluding hydrogens is 733 g/mol. The fraction of sp³-hybridized carbons (Fsp3) is 0.934. The highest BCUT2D eigenvalue weighted by molar-refractivity contribution is 5.09. The fourth-order valence-corrected chi connectivity index (χ4v) is 7.14. The Balaban J connectivity index is -0.0000000604. The Morgan fingerprint density at radius 2 is 0.508 bits per heavy atom. The molecule has 0 heteroatoms. The Kier molecular flexibility index (Phi) is 110. The van der Waals surface area contributed by atoms with E-state index in [4.69, 9.17) is 0 Å². The van der Waals surface area contributed by atoms with E-state index < -0.39 is 0 Å². The largest absolute Gasteiger partial charge is 0.0851 e. The maximum Gasteiger partial charge on any atom is -0.0260 e. The Morgan fingerprint density at radius 3 is 0.656 bits per heavy atom. The third kappa shape index (κ3) is 63.8. The first-order valence-electron chi connectivity index (χ1n) is 28.9. The highest BCUT2D eigenvalue weighted by Gasteiger charge is 2.20. The van der Waals surface area contributed by atoms with Crippen molar-refractivity contribution in [2.24, 2.45) is 47.3 Å². The Labute approximate surface area is 398 Å². The van der Waals surface area contributed by atoms with Gasteiger partial charge in [-0.3, -0.25) is 0 Å². The van der Waals surface area contributed by atoms with Gasteiger partial charge in [-0.05, 0) is 92.3 Å². The summed E-state index contributed by atoms with van der Waals surface area (Å²) >= 11 is 0. The van der Waals surface area contributed by atoms with Gasteiger partial charge < -0.3 is 0 Å². The molecule has 0 atom stereocenters. The van der Waals surface area contributed by atoms with Crippen molar-refractivity contribution in [1.29, 1.82) is 0 Å². The van der Waals surface area contributed by atoms with Gasteiger partial charge in [0.25, 0.3) is 0 Å². The van der Waals surface area contributed by atoms with Crippen LogP contribution in [0, 0.1) is 47.3 Å². The summed E-state index contributed by atoms with van der Waals surface area (Å²) in [5.74, 6) is 7.63. The number of rotatable bonds is 5. The molecule has 0 aromatic heterocycles. The summed E-state index contributed by atoms with van der Waals surface area (Å²) in [5, 5.41) is 0. The molecule has 0 heterocycles. The average molecular weight is 872 g/mol. The monoisotopic (exact) mass is 871 g/mol. The first kappa shape index (κ1) is 84.0. The summed E-state index contributed by atoms with van der Waals surface area (Å²) in [6.07, 6.45) is 32.3. The molecule has 5 aliphatic carbocycles. The van der Waals surface area contributed by atoms with E-state index in [1.54, 1.807) is 11.1 Å². The molecule has 0 bridgehead atoms. The van der Waals surface area contributed by atoms with Gasteiger partial charge in [0.1, 0.15) is 0 Å². The summed E-state index contributed by atoms with van der Waals surface area (Å²) in [6.45, 7) is 63.2. The van der Waals surface area contributed by atoms with Crippen molar-refractivity contribution < 1.29 is 0 Å². The predicted molar refractivity (Wildman–Crippen MR) is 302 cm³/mol. The number of hydrogen-bond acceptors (Lipinski definition) is 0. The van der Waals surface area contributed by atoms with Gasteiger partial charge in [0.15, 0.2) is 0 Å². The van der Waals surface area contributed by atoms with Crippen LogP contribution in [0.25, 0.3) is 0 Å². The van der Waals surface area contributed by atoms with Crippen LogP contribution in [-0.2, 0) is 0 Å². The first-order chi connectivity index (χ1) is 29.5. The lowest BCUT2D eigenvalue weighted by Crippen LogP contribution is -2.16. The minimum Gasteiger partial charge on any atom is -0.0851 e. The molecule has 0 aromatic rings. The van der Waals surface area contributed by atoms with Gasteiger partial charge in [-0.2, -0.15) is 0 Å². The lowest BCUT2D eigenvalue weighted by atomic mass is 9.78. The van der Waals surface area contributed by atoms with E-state index in [1.807, 2.05) is 138 Å². The Bertz CT molecular complexity index is 656. The van der Waals surface area contributed by atoms with E-state index in [9.17, 15) is 0 Å². The second-order valence-corrected chi connectivity index (χ2v) is 15.9. The molecule has 0 saturated heterocycles. The molecule has 5 rings (SSSR count). The van der Waals surface area contributed by atoms with E-state index >= 15 is 0 Å². The van der Waals surface area contributed by atoms with E-state index in [0.29, 0.717) is 0 Å². The van der Waals surface area contributed by atoms with Crippen molar-refractivity contribution in [3.8, 4) is 0 Å². The van der Waals surface area contributed by atoms with Gasteiger partial charge in [0.2, 0.25) is 0 Å². The molecule has 0 spiro atoms. The van der Waals surface area contributed by atoms with E-state index in [-0.39, 0.29) is 0 Å². The Hall–Kier alpha value is -0.520. The van der Waals surface area contributed by atoms with E-state index in [0.717, 1.165) is 47.3 Å². The minimum absolute atomic E-state index is 0.797. The van der Waals surface area contributed by atoms with Crippen molar-refractivity contribution in [1.82, 2.24) is 0 Å². The molecule has 3 fully saturated rings. The Morgan fingerprint density at radius 1 is 0.279 bits per heavy atom. The van der Waals surface area contributed by atoms with Crippen LogP contribution < -0.4 is 0 Å². The highest BCUT2D eigenvalue weighted by Crippen LogP contribution is 2.33. The van der Waals surface area contributed by atoms with Crippen LogP contribution in [0.3, 0.4) is 0 Å². The average Bonchev–Trinajstić information content (AvgIpc) is 4.09. The van der Waals surface area contributed by atoms with Gasteiger partial charge in [-0.1, -0.05) is 308 Å². The summed E-state index contributed by atoms with van der Waals surface area (Å²) in [7, 11) is 0. The maximum absolute atomic E-state index is 2.42. The van der Waals surface area contributed by atoms with Crippen LogP contribution in [0.5, 0.6) is 0 Å². The van der Waals surface area contributed by atoms with Crippen LogP contribution in [0.2, 0.25) is 0 Å². The van der Waals surface area contributed by atoms with Crippen molar-refractivity contribution in [3.05, 3.63) is 23.3 Å². The van der Waals surface area contributed by atoms with E-state index in [2.05, 4.69) is 81.4 Å². The predicted octanol–water partition coefficient (Wildman–Crippen LogP) is 24.7. The highest BCUT2D eigenvalue weighted by atomic mass is 14.3. The third-order valence-electron chi connectivity index (χ3n) is 10.9. The third-order valence-corrected chi connectivity index (χ3v) is 10.9. The van der Waals surface area contributed by atoms with Gasteiger partial charge in [0, 0.05) is 0 Å². The number of allylic oxidation sites excluding steroid dienone is 4. The summed E-state index contributed by atoms with van der Waals surface area (Å²) < 4.78 is 0. The molecular formula is C61H138. The second-order valence-electron chi connectivity index (χ2n) is 15.9. The fourth-order valence-electron chi connectivity index (χ4n) is 7.14. The van der Waals surface area contributed by atoms with Crippen molar-refractivity contribution in [2.75, 3.05) is 0 Å². The molecule has 0 amide bonds. The van der Waals surface area contributed by atoms with Crippen LogP contribution in [0.1, 0.15) is 330 Å². The minimum atomic E-state index is 0.797. The summed E-state index contributed by atoms with van der Waals surface area (Å²) in [5.41, 5.74) is 3.35. The summed E-state index contributed by atoms with van der Waals surface area (Å²) in [4.78, 5) is 0. The van der Waals surface area contributed by atoms with Gasteiger partial charge >= 0.3 is 0 Å². The van der Waals surface area contributed by atoms with Gasteiger partial charge in [-0.15, -0.1) is 0 Å². The molecule has 382 valence electrons. The van der Waals surface area contributed by atoms with Crippen molar-refractivity contribution >= 4 is 0 Å². The molecule has 0 N–H and O–H groups in total. The standard InChI is InChI=1S/C9H18.C9H16.C8H16.C8H14.C7H14.10C2H6/c2*1-8(2)9-6-4-3-5-7-9;2*1-7(2)8-5-3-4-6-8;1-6(2)7-4-3-5-7;10*1-2/h8-9H,3-7H2,1-2H3;6,8H,3-5,7H2,1-2H3;7-8H,3-6H2,1-2H3;5,7H,3-4,6H2,1-2H3;6-7H,3-5H2,1-2H3;10*1-2H3. The SMILES string of the molecule is CC.CC.CC.CC.CC.CC.CC.CC.CC.CC.CC(C)C1=CCCC1.CC(C)C1=CCCCC1.CC(C)C1CCC1.CC(C)C1CCCC1.CC(C)C1CCCCC1. The van der Waals surface area contributed by atoms with Crippen molar-refractivity contribution in [3.63, 3.8) is 0 Å². The van der Waals surface area contributed by atoms with Crippen molar-refractivity contribution in [2.45, 2.75) is 330 Å². The molecule has 0 radical (unpaired) electrons. The van der Waals surface area contributed by atoms with Crippen LogP contribution in [0.15, 0.2) is 23.3 Å². The molecule has 3 saturated carbocycles. The van der Waals surface area contributed by atoms with Gasteiger partial charge in [0.05, 0.1) is 0 Å². The summed E-state index contributed by atoms with van der Waals surface area (Å²) in [6, 6.07) is 0. The van der Waals surface area contributed by atoms with Gasteiger partial charge in [-0.25, -0.2) is 0 Å². The zero-order chi connectivity index (χ0) is 50.6. The number of hydrogen-bond donors (Lipinski definition) is 0. The molecule has 0 aliphatic heterocycles. The molecule has 61 heavy (non-hydrogen) atoms. The second kappa shape index (κ2) is 79.8. The zero-order valence-corrected chi connectivity index (χ0v) is 50.2. The molecule has 0 unspecified atom stereocenters. The maximum atomic E-state index is 2.42. The smallest absolute Gasteiger partial charge is 0.0260 e. The topological polar surface area (TPSA) is 0 Å². The normalized spacial score (nSPS) is 15.5. The quantitative estimate of drug-likeness (QED) is 0.242. The molecule has 5 aliphatic rings. The van der Waals surface area contributed by atoms with Crippen LogP contribution in [0.4, 0.5) is 0 Å². The van der Waals surface area contributed by atoms with Crippen LogP contribution >= 0.6 is 0 Å². The zero-order valence-electron chi connectivity index (χ0n) is 50.2. The first-order valence-corrected chi connectivity index (χ1v) is 28.9.